The maximum absolute atomic E-state index is 12.8. The van der Waals surface area contributed by atoms with Crippen LogP contribution in [-0.2, 0) is 14.8 Å². The fourth-order valence-corrected chi connectivity index (χ4v) is 4.60. The summed E-state index contributed by atoms with van der Waals surface area (Å²) >= 11 is 12.0. The SMILES string of the molecule is Cc1ccc([C@H](C)NC(=O)[C@H](C)N(c2cc(Cl)cc(Cl)c2)S(C)(=O)=O)cc1C. The van der Waals surface area contributed by atoms with Gasteiger partial charge in [0, 0.05) is 10.0 Å². The number of carbonyl (C=O) groups excluding carboxylic acids is 1. The van der Waals surface area contributed by atoms with Crippen molar-refractivity contribution in [2.24, 2.45) is 0 Å². The molecular formula is C20H24Cl2N2O3S. The molecular weight excluding hydrogens is 419 g/mol. The number of sulfonamides is 1. The van der Waals surface area contributed by atoms with Crippen molar-refractivity contribution in [2.75, 3.05) is 10.6 Å². The molecule has 2 rings (SSSR count). The first kappa shape index (κ1) is 22.5. The smallest absolute Gasteiger partial charge is 0.244 e. The second kappa shape index (κ2) is 8.72. The van der Waals surface area contributed by atoms with Crippen LogP contribution in [0.1, 0.15) is 36.6 Å². The molecule has 0 heterocycles. The monoisotopic (exact) mass is 442 g/mol. The summed E-state index contributed by atoms with van der Waals surface area (Å²) in [5.74, 6) is -0.424. The van der Waals surface area contributed by atoms with Gasteiger partial charge in [-0.3, -0.25) is 9.10 Å². The van der Waals surface area contributed by atoms with E-state index in [4.69, 9.17) is 23.2 Å². The molecule has 5 nitrogen and oxygen atoms in total. The summed E-state index contributed by atoms with van der Waals surface area (Å²) in [6.07, 6.45) is 1.04. The van der Waals surface area contributed by atoms with E-state index in [0.29, 0.717) is 0 Å². The van der Waals surface area contributed by atoms with Gasteiger partial charge in [-0.25, -0.2) is 8.42 Å². The molecule has 152 valence electrons. The fraction of sp³-hybridized carbons (Fsp3) is 0.350. The van der Waals surface area contributed by atoms with Crippen molar-refractivity contribution in [3.8, 4) is 0 Å². The highest BCUT2D eigenvalue weighted by molar-refractivity contribution is 7.92. The normalized spacial score (nSPS) is 13.7. The Morgan fingerprint density at radius 3 is 2.07 bits per heavy atom. The van der Waals surface area contributed by atoms with Gasteiger partial charge in [0.25, 0.3) is 0 Å². The molecule has 1 N–H and O–H groups in total. The number of aryl methyl sites for hydroxylation is 2. The summed E-state index contributed by atoms with van der Waals surface area (Å²) in [5, 5.41) is 3.45. The van der Waals surface area contributed by atoms with E-state index in [1.165, 1.54) is 25.1 Å². The number of hydrogen-bond acceptors (Lipinski definition) is 3. The van der Waals surface area contributed by atoms with Gasteiger partial charge in [0.2, 0.25) is 15.9 Å². The molecule has 0 fully saturated rings. The highest BCUT2D eigenvalue weighted by Gasteiger charge is 2.30. The molecule has 0 aliphatic heterocycles. The third-order valence-corrected chi connectivity index (χ3v) is 6.26. The minimum absolute atomic E-state index is 0.237. The molecule has 8 heteroatoms. The molecule has 2 atom stereocenters. The molecule has 28 heavy (non-hydrogen) atoms. The predicted octanol–water partition coefficient (Wildman–Crippen LogP) is 4.64. The molecule has 0 bridgehead atoms. The molecule has 1 amide bonds. The number of carbonyl (C=O) groups is 1. The summed E-state index contributed by atoms with van der Waals surface area (Å²) in [5.41, 5.74) is 3.47. The van der Waals surface area contributed by atoms with Crippen LogP contribution >= 0.6 is 23.2 Å². The lowest BCUT2D eigenvalue weighted by Crippen LogP contribution is -2.48. The van der Waals surface area contributed by atoms with E-state index < -0.39 is 22.0 Å². The number of halogens is 2. The lowest BCUT2D eigenvalue weighted by Gasteiger charge is -2.29. The Labute approximate surface area is 176 Å². The third kappa shape index (κ3) is 5.40. The van der Waals surface area contributed by atoms with E-state index in [-0.39, 0.29) is 21.8 Å². The Morgan fingerprint density at radius 1 is 1.00 bits per heavy atom. The summed E-state index contributed by atoms with van der Waals surface area (Å²) in [4.78, 5) is 12.8. The standard InChI is InChI=1S/C20H24Cl2N2O3S/c1-12-6-7-16(8-13(12)2)14(3)23-20(25)15(4)24(28(5,26)27)19-10-17(21)9-18(22)11-19/h6-11,14-15H,1-5H3,(H,23,25)/t14-,15-/m0/s1. The first-order valence-corrected chi connectivity index (χ1v) is 11.3. The van der Waals surface area contributed by atoms with Gasteiger partial charge < -0.3 is 5.32 Å². The van der Waals surface area contributed by atoms with E-state index in [0.717, 1.165) is 27.3 Å². The molecule has 0 spiro atoms. The Morgan fingerprint density at radius 2 is 1.57 bits per heavy atom. The Kier molecular flexibility index (Phi) is 7.02. The molecule has 0 aliphatic rings. The van der Waals surface area contributed by atoms with Crippen molar-refractivity contribution in [3.05, 3.63) is 63.1 Å². The van der Waals surface area contributed by atoms with Crippen LogP contribution in [0.15, 0.2) is 36.4 Å². The van der Waals surface area contributed by atoms with Gasteiger partial charge in [-0.15, -0.1) is 0 Å². The topological polar surface area (TPSA) is 66.5 Å². The molecule has 2 aromatic carbocycles. The zero-order chi connectivity index (χ0) is 21.2. The van der Waals surface area contributed by atoms with Gasteiger partial charge >= 0.3 is 0 Å². The molecule has 0 unspecified atom stereocenters. The number of amides is 1. The summed E-state index contributed by atoms with van der Waals surface area (Å²) in [7, 11) is -3.75. The summed E-state index contributed by atoms with van der Waals surface area (Å²) in [6.45, 7) is 7.41. The van der Waals surface area contributed by atoms with E-state index in [1.54, 1.807) is 0 Å². The van der Waals surface area contributed by atoms with Crippen molar-refractivity contribution in [2.45, 2.75) is 39.8 Å². The first-order valence-electron chi connectivity index (χ1n) is 8.73. The summed E-state index contributed by atoms with van der Waals surface area (Å²) < 4.78 is 25.8. The number of nitrogens with zero attached hydrogens (tertiary/aromatic N) is 1. The fourth-order valence-electron chi connectivity index (χ4n) is 2.93. The molecule has 2 aromatic rings. The number of benzene rings is 2. The van der Waals surface area contributed by atoms with Crippen molar-refractivity contribution < 1.29 is 13.2 Å². The van der Waals surface area contributed by atoms with Crippen molar-refractivity contribution in [1.82, 2.24) is 5.32 Å². The van der Waals surface area contributed by atoms with Crippen LogP contribution in [-0.4, -0.2) is 26.6 Å². The van der Waals surface area contributed by atoms with Crippen molar-refractivity contribution in [3.63, 3.8) is 0 Å². The van der Waals surface area contributed by atoms with Gasteiger partial charge in [0.1, 0.15) is 6.04 Å². The molecule has 0 saturated heterocycles. The van der Waals surface area contributed by atoms with Gasteiger partial charge in [0.15, 0.2) is 0 Å². The van der Waals surface area contributed by atoms with Crippen LogP contribution < -0.4 is 9.62 Å². The largest absolute Gasteiger partial charge is 0.348 e. The number of anilines is 1. The number of nitrogens with one attached hydrogen (secondary N) is 1. The van der Waals surface area contributed by atoms with Gasteiger partial charge in [0.05, 0.1) is 18.0 Å². The minimum Gasteiger partial charge on any atom is -0.348 e. The highest BCUT2D eigenvalue weighted by atomic mass is 35.5. The van der Waals surface area contributed by atoms with Crippen LogP contribution in [0.25, 0.3) is 0 Å². The second-order valence-corrected chi connectivity index (χ2v) is 9.67. The van der Waals surface area contributed by atoms with E-state index in [9.17, 15) is 13.2 Å². The van der Waals surface area contributed by atoms with Gasteiger partial charge in [-0.05, 0) is 62.6 Å². The maximum Gasteiger partial charge on any atom is 0.244 e. The molecule has 0 saturated carbocycles. The maximum atomic E-state index is 12.8. The molecule has 0 aliphatic carbocycles. The zero-order valence-electron chi connectivity index (χ0n) is 16.5. The van der Waals surface area contributed by atoms with Crippen LogP contribution in [0.5, 0.6) is 0 Å². The molecule has 0 radical (unpaired) electrons. The van der Waals surface area contributed by atoms with Gasteiger partial charge in [-0.1, -0.05) is 41.4 Å². The third-order valence-electron chi connectivity index (χ3n) is 4.58. The van der Waals surface area contributed by atoms with Crippen LogP contribution in [0, 0.1) is 13.8 Å². The quantitative estimate of drug-likeness (QED) is 0.707. The number of rotatable bonds is 6. The highest BCUT2D eigenvalue weighted by Crippen LogP contribution is 2.29. The van der Waals surface area contributed by atoms with Crippen molar-refractivity contribution in [1.29, 1.82) is 0 Å². The Hall–Kier alpha value is -1.76. The van der Waals surface area contributed by atoms with Crippen LogP contribution in [0.4, 0.5) is 5.69 Å². The Balaban J connectivity index is 2.29. The number of hydrogen-bond donors (Lipinski definition) is 1. The first-order chi connectivity index (χ1) is 12.9. The van der Waals surface area contributed by atoms with Crippen molar-refractivity contribution >= 4 is 44.8 Å². The minimum atomic E-state index is -3.75. The zero-order valence-corrected chi connectivity index (χ0v) is 18.8. The molecule has 0 aromatic heterocycles. The summed E-state index contributed by atoms with van der Waals surface area (Å²) in [6, 6.07) is 9.11. The van der Waals surface area contributed by atoms with Crippen LogP contribution in [0.2, 0.25) is 10.0 Å². The van der Waals surface area contributed by atoms with E-state index in [1.807, 2.05) is 39.0 Å². The van der Waals surface area contributed by atoms with E-state index >= 15 is 0 Å². The average molecular weight is 443 g/mol. The van der Waals surface area contributed by atoms with E-state index in [2.05, 4.69) is 5.32 Å². The second-order valence-electron chi connectivity index (χ2n) is 6.94. The lowest BCUT2D eigenvalue weighted by atomic mass is 10.0. The predicted molar refractivity (Wildman–Crippen MR) is 116 cm³/mol. The average Bonchev–Trinajstić information content (AvgIpc) is 2.55. The van der Waals surface area contributed by atoms with Crippen LogP contribution in [0.3, 0.4) is 0 Å². The lowest BCUT2D eigenvalue weighted by molar-refractivity contribution is -0.122. The Bertz CT molecular complexity index is 973. The van der Waals surface area contributed by atoms with Gasteiger partial charge in [-0.2, -0.15) is 0 Å².